The zero-order valence-electron chi connectivity index (χ0n) is 34.1. The normalized spacial score (nSPS) is 11.8. The Hall–Kier alpha value is -7.98. The summed E-state index contributed by atoms with van der Waals surface area (Å²) in [7, 11) is 0. The average Bonchev–Trinajstić information content (AvgIpc) is 3.92. The van der Waals surface area contributed by atoms with Gasteiger partial charge in [-0.3, -0.25) is 0 Å². The van der Waals surface area contributed by atoms with Crippen molar-refractivity contribution in [3.05, 3.63) is 224 Å². The molecule has 0 fully saturated rings. The Labute approximate surface area is 367 Å². The Kier molecular flexibility index (Phi) is 8.12. The highest BCUT2D eigenvalue weighted by molar-refractivity contribution is 7.26. The van der Waals surface area contributed by atoms with Gasteiger partial charge in [-0.15, -0.1) is 11.3 Å². The van der Waals surface area contributed by atoms with Crippen LogP contribution in [-0.4, -0.2) is 0 Å². The molecular weight excluding hydrogens is 783 g/mol. The van der Waals surface area contributed by atoms with Gasteiger partial charge in [0.15, 0.2) is 0 Å². The summed E-state index contributed by atoms with van der Waals surface area (Å²) in [6.07, 6.45) is 0. The van der Waals surface area contributed by atoms with Crippen LogP contribution in [0.2, 0.25) is 0 Å². The number of fused-ring (bicyclic) bond motifs is 17. The Morgan fingerprint density at radius 1 is 0.317 bits per heavy atom. The number of hydrogen-bond donors (Lipinski definition) is 0. The summed E-state index contributed by atoms with van der Waals surface area (Å²) in [4.78, 5) is 2.42. The quantitative estimate of drug-likeness (QED) is 0.176. The van der Waals surface area contributed by atoms with E-state index in [9.17, 15) is 0 Å². The van der Waals surface area contributed by atoms with Gasteiger partial charge < -0.3 is 9.32 Å². The molecule has 2 aromatic heterocycles. The first kappa shape index (κ1) is 35.7. The zero-order valence-corrected chi connectivity index (χ0v) is 34.9. The van der Waals surface area contributed by atoms with Gasteiger partial charge in [-0.2, -0.15) is 0 Å². The van der Waals surface area contributed by atoms with Gasteiger partial charge in [0, 0.05) is 59.3 Å². The third-order valence-corrected chi connectivity index (χ3v) is 14.1. The van der Waals surface area contributed by atoms with Crippen molar-refractivity contribution in [2.24, 2.45) is 0 Å². The third-order valence-electron chi connectivity index (χ3n) is 12.9. The summed E-state index contributed by atoms with van der Waals surface area (Å²) in [5, 5.41) is 17.0. The maximum Gasteiger partial charge on any atom is 0.137 e. The van der Waals surface area contributed by atoms with E-state index in [0.717, 1.165) is 50.1 Å². The molecule has 63 heavy (non-hydrogen) atoms. The summed E-state index contributed by atoms with van der Waals surface area (Å²) in [6, 6.07) is 82.0. The summed E-state index contributed by atoms with van der Waals surface area (Å²) >= 11 is 1.90. The van der Waals surface area contributed by atoms with Crippen LogP contribution < -0.4 is 4.90 Å². The number of thiophene rings is 1. The van der Waals surface area contributed by atoms with Crippen LogP contribution in [0, 0.1) is 0 Å². The molecule has 3 heteroatoms. The van der Waals surface area contributed by atoms with Crippen molar-refractivity contribution in [2.45, 2.75) is 0 Å². The lowest BCUT2D eigenvalue weighted by Gasteiger charge is -2.28. The highest BCUT2D eigenvalue weighted by Gasteiger charge is 2.21. The second-order valence-corrected chi connectivity index (χ2v) is 17.4. The lowest BCUT2D eigenvalue weighted by atomic mass is 9.93. The van der Waals surface area contributed by atoms with E-state index < -0.39 is 0 Å². The van der Waals surface area contributed by atoms with E-state index in [1.165, 1.54) is 74.0 Å². The number of rotatable bonds is 4. The van der Waals surface area contributed by atoms with Gasteiger partial charge >= 0.3 is 0 Å². The molecule has 294 valence electrons. The van der Waals surface area contributed by atoms with Gasteiger partial charge in [0.1, 0.15) is 11.2 Å². The van der Waals surface area contributed by atoms with Crippen LogP contribution in [0.25, 0.3) is 107 Å². The number of benzene rings is 10. The number of para-hydroxylation sites is 2. The minimum Gasteiger partial charge on any atom is -0.456 e. The summed E-state index contributed by atoms with van der Waals surface area (Å²) in [5.74, 6) is 0. The fourth-order valence-corrected chi connectivity index (χ4v) is 11.3. The van der Waals surface area contributed by atoms with E-state index in [0.29, 0.717) is 0 Å². The minimum atomic E-state index is 0.858. The first-order chi connectivity index (χ1) is 31.3. The van der Waals surface area contributed by atoms with Gasteiger partial charge in [0.05, 0.1) is 5.69 Å². The molecule has 0 unspecified atom stereocenters. The molecule has 0 spiro atoms. The van der Waals surface area contributed by atoms with Crippen LogP contribution in [0.5, 0.6) is 0 Å². The average molecular weight is 820 g/mol. The molecule has 0 amide bonds. The molecule has 11 aromatic carbocycles. The molecule has 0 N–H and O–H groups in total. The standard InChI is InChI=1S/C60H37NOS/c1-2-16-38(17-3-1)41-18-10-13-27-55(41)61(40-31-33-49-48-24-11-14-28-56(48)62-57(49)37-40)39-30-32-47-45-22-7-5-20-43(45)42-19-4-6-21-44(42)46-23-8-9-26-51(46)59-52(54(47)36-39)34-35-53-50-25-12-15-29-58(50)63-60(53)59/h1-37H. The second-order valence-electron chi connectivity index (χ2n) is 16.3. The largest absolute Gasteiger partial charge is 0.456 e. The van der Waals surface area contributed by atoms with E-state index in [4.69, 9.17) is 4.42 Å². The number of furan rings is 1. The highest BCUT2D eigenvalue weighted by Crippen LogP contribution is 2.47. The molecule has 0 aliphatic rings. The molecule has 2 heterocycles. The van der Waals surface area contributed by atoms with E-state index >= 15 is 0 Å². The minimum absolute atomic E-state index is 0.858. The van der Waals surface area contributed by atoms with Gasteiger partial charge in [-0.1, -0.05) is 176 Å². The summed E-state index contributed by atoms with van der Waals surface area (Å²) < 4.78 is 9.15. The maximum atomic E-state index is 6.56. The molecule has 0 bridgehead atoms. The molecular formula is C60H37NOS. The van der Waals surface area contributed by atoms with Crippen molar-refractivity contribution in [1.29, 1.82) is 0 Å². The van der Waals surface area contributed by atoms with Crippen molar-refractivity contribution < 1.29 is 4.42 Å². The van der Waals surface area contributed by atoms with E-state index in [2.05, 4.69) is 223 Å². The van der Waals surface area contributed by atoms with Gasteiger partial charge in [0.2, 0.25) is 0 Å². The molecule has 0 saturated heterocycles. The van der Waals surface area contributed by atoms with Crippen molar-refractivity contribution in [3.8, 4) is 11.1 Å². The Bertz CT molecular complexity index is 4050. The predicted molar refractivity (Wildman–Crippen MR) is 272 cm³/mol. The smallest absolute Gasteiger partial charge is 0.137 e. The number of anilines is 3. The number of hydrogen-bond acceptors (Lipinski definition) is 3. The van der Waals surface area contributed by atoms with E-state index in [1.807, 2.05) is 17.4 Å². The molecule has 13 aromatic rings. The Morgan fingerprint density at radius 3 is 1.52 bits per heavy atom. The van der Waals surface area contributed by atoms with Crippen molar-refractivity contribution in [2.75, 3.05) is 4.90 Å². The van der Waals surface area contributed by atoms with Crippen molar-refractivity contribution in [1.82, 2.24) is 0 Å². The lowest BCUT2D eigenvalue weighted by Crippen LogP contribution is -2.11. The van der Waals surface area contributed by atoms with Crippen LogP contribution in [0.15, 0.2) is 229 Å². The Balaban J connectivity index is 1.22. The first-order valence-electron chi connectivity index (χ1n) is 21.5. The fourth-order valence-electron chi connectivity index (χ4n) is 10.1. The van der Waals surface area contributed by atoms with Crippen molar-refractivity contribution >= 4 is 124 Å². The van der Waals surface area contributed by atoms with Gasteiger partial charge in [-0.05, 0) is 96.5 Å². The van der Waals surface area contributed by atoms with Crippen molar-refractivity contribution in [3.63, 3.8) is 0 Å². The molecule has 0 aliphatic carbocycles. The lowest BCUT2D eigenvalue weighted by molar-refractivity contribution is 0.669. The molecule has 13 rings (SSSR count). The van der Waals surface area contributed by atoms with E-state index in [1.54, 1.807) is 0 Å². The zero-order chi connectivity index (χ0) is 41.4. The topological polar surface area (TPSA) is 16.4 Å². The third kappa shape index (κ3) is 5.64. The molecule has 0 saturated carbocycles. The monoisotopic (exact) mass is 819 g/mol. The Morgan fingerprint density at radius 2 is 0.794 bits per heavy atom. The second kappa shape index (κ2) is 14.3. The van der Waals surface area contributed by atoms with Gasteiger partial charge in [0.25, 0.3) is 0 Å². The predicted octanol–water partition coefficient (Wildman–Crippen LogP) is 18.0. The van der Waals surface area contributed by atoms with Crippen LogP contribution in [-0.2, 0) is 0 Å². The molecule has 0 radical (unpaired) electrons. The fraction of sp³-hybridized carbons (Fsp3) is 0. The summed E-state index contributed by atoms with van der Waals surface area (Å²) in [6.45, 7) is 0. The van der Waals surface area contributed by atoms with Crippen LogP contribution in [0.3, 0.4) is 0 Å². The summed E-state index contributed by atoms with van der Waals surface area (Å²) in [5.41, 5.74) is 7.20. The van der Waals surface area contributed by atoms with E-state index in [-0.39, 0.29) is 0 Å². The van der Waals surface area contributed by atoms with Crippen LogP contribution >= 0.6 is 11.3 Å². The SMILES string of the molecule is c1ccc(-c2ccccc2N(c2ccc3c(c2)oc2ccccc23)c2ccc3c4ccccc4c4ccccc4c4ccccc4c4c(ccc5c6ccccc6sc54)c3c2)cc1. The molecule has 0 aliphatic heterocycles. The highest BCUT2D eigenvalue weighted by atomic mass is 32.1. The van der Waals surface area contributed by atoms with Crippen LogP contribution in [0.1, 0.15) is 0 Å². The first-order valence-corrected chi connectivity index (χ1v) is 22.3. The number of nitrogens with zero attached hydrogens (tertiary/aromatic N) is 1. The molecule has 2 nitrogen and oxygen atoms in total. The van der Waals surface area contributed by atoms with Gasteiger partial charge in [-0.25, -0.2) is 0 Å². The maximum absolute atomic E-state index is 6.56. The van der Waals surface area contributed by atoms with Crippen LogP contribution in [0.4, 0.5) is 17.1 Å². The molecule has 0 atom stereocenters.